The molecule has 2 aromatic rings. The minimum atomic E-state index is 0.682. The van der Waals surface area contributed by atoms with Crippen molar-refractivity contribution in [3.8, 4) is 0 Å². The summed E-state index contributed by atoms with van der Waals surface area (Å²) < 4.78 is 2.65. The first-order valence-corrected chi connectivity index (χ1v) is 7.23. The molecule has 3 N–H and O–H groups in total. The summed E-state index contributed by atoms with van der Waals surface area (Å²) in [7, 11) is 1.88. The number of aryl methyl sites for hydroxylation is 2. The van der Waals surface area contributed by atoms with Gasteiger partial charge in [-0.1, -0.05) is 24.9 Å². The number of nitrogens with zero attached hydrogens (tertiary/aromatic N) is 2. The fourth-order valence-electron chi connectivity index (χ4n) is 1.88. The van der Waals surface area contributed by atoms with E-state index in [1.54, 1.807) is 4.68 Å². The van der Waals surface area contributed by atoms with Gasteiger partial charge in [0.05, 0.1) is 17.1 Å². The molecule has 0 radical (unpaired) electrons. The van der Waals surface area contributed by atoms with Crippen LogP contribution >= 0.6 is 27.5 Å². The summed E-state index contributed by atoms with van der Waals surface area (Å²) in [6, 6.07) is 5.57. The molecule has 0 aliphatic rings. The molecule has 0 aliphatic carbocycles. The molecule has 0 saturated carbocycles. The number of anilines is 3. The Balaban J connectivity index is 2.33. The normalized spacial score (nSPS) is 10.7. The number of hydrogen-bond acceptors (Lipinski definition) is 3. The summed E-state index contributed by atoms with van der Waals surface area (Å²) in [5.41, 5.74) is 8.66. The summed E-state index contributed by atoms with van der Waals surface area (Å²) in [5.74, 6) is 0.798. The van der Waals surface area contributed by atoms with E-state index in [0.29, 0.717) is 10.7 Å². The third kappa shape index (κ3) is 3.04. The van der Waals surface area contributed by atoms with Crippen LogP contribution in [0.4, 0.5) is 17.2 Å². The van der Waals surface area contributed by atoms with E-state index < -0.39 is 0 Å². The Bertz CT molecular complexity index is 595. The van der Waals surface area contributed by atoms with E-state index in [0.717, 1.165) is 34.5 Å². The van der Waals surface area contributed by atoms with E-state index in [-0.39, 0.29) is 0 Å². The zero-order valence-electron chi connectivity index (χ0n) is 10.9. The molecule has 2 rings (SSSR count). The standard InChI is InChI=1S/C13H16BrClN4/c1-3-4-11-12(16)13(19(2)18-11)17-10-6-5-8(15)7-9(10)14/h5-7,17H,3-4,16H2,1-2H3. The number of rotatable bonds is 4. The van der Waals surface area contributed by atoms with E-state index in [2.05, 4.69) is 33.3 Å². The molecular formula is C13H16BrClN4. The van der Waals surface area contributed by atoms with Gasteiger partial charge < -0.3 is 11.1 Å². The zero-order valence-corrected chi connectivity index (χ0v) is 13.2. The SMILES string of the molecule is CCCc1nn(C)c(Nc2ccc(Cl)cc2Br)c1N. The van der Waals surface area contributed by atoms with Crippen molar-refractivity contribution in [1.29, 1.82) is 0 Å². The van der Waals surface area contributed by atoms with Crippen LogP contribution in [0.2, 0.25) is 5.02 Å². The second-order valence-corrected chi connectivity index (χ2v) is 5.62. The molecule has 6 heteroatoms. The number of benzene rings is 1. The van der Waals surface area contributed by atoms with Crippen molar-refractivity contribution in [1.82, 2.24) is 9.78 Å². The zero-order chi connectivity index (χ0) is 14.0. The molecule has 0 unspecified atom stereocenters. The van der Waals surface area contributed by atoms with E-state index in [1.165, 1.54) is 0 Å². The van der Waals surface area contributed by atoms with E-state index in [4.69, 9.17) is 17.3 Å². The molecule has 0 amide bonds. The van der Waals surface area contributed by atoms with Crippen LogP contribution in [-0.4, -0.2) is 9.78 Å². The molecule has 1 aromatic heterocycles. The average Bonchev–Trinajstić information content (AvgIpc) is 2.60. The molecule has 0 atom stereocenters. The molecule has 0 bridgehead atoms. The molecule has 4 nitrogen and oxygen atoms in total. The van der Waals surface area contributed by atoms with E-state index in [1.807, 2.05) is 25.2 Å². The van der Waals surface area contributed by atoms with Crippen molar-refractivity contribution in [3.05, 3.63) is 33.4 Å². The van der Waals surface area contributed by atoms with Crippen LogP contribution in [0.15, 0.2) is 22.7 Å². The van der Waals surface area contributed by atoms with Crippen molar-refractivity contribution in [2.75, 3.05) is 11.1 Å². The van der Waals surface area contributed by atoms with Gasteiger partial charge in [-0.2, -0.15) is 5.10 Å². The first-order valence-electron chi connectivity index (χ1n) is 6.06. The fourth-order valence-corrected chi connectivity index (χ4v) is 2.67. The Kier molecular flexibility index (Phi) is 4.37. The maximum absolute atomic E-state index is 6.13. The maximum Gasteiger partial charge on any atom is 0.152 e. The highest BCUT2D eigenvalue weighted by Crippen LogP contribution is 2.32. The lowest BCUT2D eigenvalue weighted by atomic mass is 10.2. The van der Waals surface area contributed by atoms with Gasteiger partial charge in [-0.15, -0.1) is 0 Å². The predicted octanol–water partition coefficient (Wildman–Crippen LogP) is 4.11. The topological polar surface area (TPSA) is 55.9 Å². The van der Waals surface area contributed by atoms with Crippen LogP contribution in [0.5, 0.6) is 0 Å². The van der Waals surface area contributed by atoms with Gasteiger partial charge in [0.1, 0.15) is 0 Å². The Morgan fingerprint density at radius 1 is 1.47 bits per heavy atom. The summed E-state index contributed by atoms with van der Waals surface area (Å²) in [6.45, 7) is 2.11. The lowest BCUT2D eigenvalue weighted by Gasteiger charge is -2.10. The van der Waals surface area contributed by atoms with Gasteiger partial charge in [0.15, 0.2) is 5.82 Å². The Morgan fingerprint density at radius 3 is 2.84 bits per heavy atom. The van der Waals surface area contributed by atoms with Crippen molar-refractivity contribution < 1.29 is 0 Å². The second-order valence-electron chi connectivity index (χ2n) is 4.33. The molecule has 19 heavy (non-hydrogen) atoms. The monoisotopic (exact) mass is 342 g/mol. The summed E-state index contributed by atoms with van der Waals surface area (Å²) in [5, 5.41) is 8.40. The summed E-state index contributed by atoms with van der Waals surface area (Å²) in [6.07, 6.45) is 1.90. The predicted molar refractivity (Wildman–Crippen MR) is 84.1 cm³/mol. The molecular weight excluding hydrogens is 328 g/mol. The van der Waals surface area contributed by atoms with Crippen LogP contribution in [0.1, 0.15) is 19.0 Å². The Hall–Kier alpha value is -1.20. The average molecular weight is 344 g/mol. The van der Waals surface area contributed by atoms with Gasteiger partial charge in [0.25, 0.3) is 0 Å². The largest absolute Gasteiger partial charge is 0.394 e. The van der Waals surface area contributed by atoms with Gasteiger partial charge >= 0.3 is 0 Å². The number of halogens is 2. The van der Waals surface area contributed by atoms with Crippen LogP contribution in [0, 0.1) is 0 Å². The second kappa shape index (κ2) is 5.84. The number of nitrogen functional groups attached to an aromatic ring is 1. The summed E-state index contributed by atoms with van der Waals surface area (Å²) in [4.78, 5) is 0. The smallest absolute Gasteiger partial charge is 0.152 e. The molecule has 1 aromatic carbocycles. The Morgan fingerprint density at radius 2 is 2.21 bits per heavy atom. The van der Waals surface area contributed by atoms with Gasteiger partial charge in [0, 0.05) is 16.5 Å². The first-order chi connectivity index (χ1) is 9.02. The molecule has 0 spiro atoms. The van der Waals surface area contributed by atoms with E-state index in [9.17, 15) is 0 Å². The minimum Gasteiger partial charge on any atom is -0.394 e. The molecule has 1 heterocycles. The molecule has 102 valence electrons. The van der Waals surface area contributed by atoms with Gasteiger partial charge in [-0.3, -0.25) is 4.68 Å². The molecule has 0 fully saturated rings. The van der Waals surface area contributed by atoms with Crippen LogP contribution in [-0.2, 0) is 13.5 Å². The lowest BCUT2D eigenvalue weighted by molar-refractivity contribution is 0.740. The lowest BCUT2D eigenvalue weighted by Crippen LogP contribution is -2.01. The summed E-state index contributed by atoms with van der Waals surface area (Å²) >= 11 is 9.40. The molecule has 0 aliphatic heterocycles. The van der Waals surface area contributed by atoms with Gasteiger partial charge in [-0.05, 0) is 40.5 Å². The highest BCUT2D eigenvalue weighted by Gasteiger charge is 2.13. The number of hydrogen-bond donors (Lipinski definition) is 2. The van der Waals surface area contributed by atoms with Crippen molar-refractivity contribution in [2.24, 2.45) is 7.05 Å². The number of aromatic nitrogens is 2. The van der Waals surface area contributed by atoms with Crippen LogP contribution in [0.25, 0.3) is 0 Å². The highest BCUT2D eigenvalue weighted by molar-refractivity contribution is 9.10. The quantitative estimate of drug-likeness (QED) is 0.878. The van der Waals surface area contributed by atoms with Crippen molar-refractivity contribution in [3.63, 3.8) is 0 Å². The van der Waals surface area contributed by atoms with Gasteiger partial charge in [-0.25, -0.2) is 0 Å². The third-order valence-electron chi connectivity index (χ3n) is 2.83. The third-order valence-corrected chi connectivity index (χ3v) is 3.72. The van der Waals surface area contributed by atoms with Gasteiger partial charge in [0.2, 0.25) is 0 Å². The van der Waals surface area contributed by atoms with E-state index >= 15 is 0 Å². The highest BCUT2D eigenvalue weighted by atomic mass is 79.9. The maximum atomic E-state index is 6.13. The van der Waals surface area contributed by atoms with Crippen LogP contribution < -0.4 is 11.1 Å². The van der Waals surface area contributed by atoms with Crippen LogP contribution in [0.3, 0.4) is 0 Å². The van der Waals surface area contributed by atoms with Crippen molar-refractivity contribution >= 4 is 44.7 Å². The van der Waals surface area contributed by atoms with Crippen molar-refractivity contribution in [2.45, 2.75) is 19.8 Å². The first kappa shape index (κ1) is 14.2. The number of nitrogens with one attached hydrogen (secondary N) is 1. The Labute approximate surface area is 126 Å². The number of nitrogens with two attached hydrogens (primary N) is 1. The fraction of sp³-hybridized carbons (Fsp3) is 0.308. The minimum absolute atomic E-state index is 0.682. The molecule has 0 saturated heterocycles.